The zero-order chi connectivity index (χ0) is 15.3. The fourth-order valence-corrected chi connectivity index (χ4v) is 3.83. The average molecular weight is 298 g/mol. The molecule has 0 unspecified atom stereocenters. The highest BCUT2D eigenvalue weighted by Gasteiger charge is 2.19. The Morgan fingerprint density at radius 2 is 1.70 bits per heavy atom. The summed E-state index contributed by atoms with van der Waals surface area (Å²) < 4.78 is 27.5. The van der Waals surface area contributed by atoms with Gasteiger partial charge in [0, 0.05) is 19.3 Å². The van der Waals surface area contributed by atoms with E-state index in [1.54, 1.807) is 0 Å². The molecular formula is C15H26N2O2S. The summed E-state index contributed by atoms with van der Waals surface area (Å²) in [5, 5.41) is 3.04. The molecule has 0 spiro atoms. The molecule has 0 fully saturated rings. The summed E-state index contributed by atoms with van der Waals surface area (Å²) in [6.07, 6.45) is 1.89. The first-order valence-corrected chi connectivity index (χ1v) is 8.55. The molecule has 2 N–H and O–H groups in total. The van der Waals surface area contributed by atoms with Crippen molar-refractivity contribution in [3.05, 3.63) is 23.3 Å². The van der Waals surface area contributed by atoms with E-state index in [-0.39, 0.29) is 0 Å². The van der Waals surface area contributed by atoms with Gasteiger partial charge in [0.25, 0.3) is 0 Å². The summed E-state index contributed by atoms with van der Waals surface area (Å²) in [6.45, 7) is 8.43. The highest BCUT2D eigenvalue weighted by Crippen LogP contribution is 2.24. The maximum absolute atomic E-state index is 12.4. The molecule has 5 heteroatoms. The maximum atomic E-state index is 12.4. The monoisotopic (exact) mass is 298 g/mol. The van der Waals surface area contributed by atoms with Crippen LogP contribution in [0.5, 0.6) is 0 Å². The first-order valence-electron chi connectivity index (χ1n) is 7.06. The van der Waals surface area contributed by atoms with E-state index in [0.717, 1.165) is 29.7 Å². The van der Waals surface area contributed by atoms with Gasteiger partial charge in [-0.05, 0) is 55.9 Å². The summed E-state index contributed by atoms with van der Waals surface area (Å²) >= 11 is 0. The molecule has 20 heavy (non-hydrogen) atoms. The lowest BCUT2D eigenvalue weighted by Crippen LogP contribution is -2.26. The second kappa shape index (κ2) is 7.09. The van der Waals surface area contributed by atoms with Crippen molar-refractivity contribution >= 4 is 15.7 Å². The summed E-state index contributed by atoms with van der Waals surface area (Å²) in [5.74, 6) is 0.595. The lowest BCUT2D eigenvalue weighted by atomic mass is 10.1. The van der Waals surface area contributed by atoms with E-state index < -0.39 is 10.0 Å². The van der Waals surface area contributed by atoms with E-state index in [9.17, 15) is 8.42 Å². The van der Waals surface area contributed by atoms with Gasteiger partial charge in [-0.3, -0.25) is 0 Å². The molecule has 0 amide bonds. The second-order valence-corrected chi connectivity index (χ2v) is 7.33. The summed E-state index contributed by atoms with van der Waals surface area (Å²) in [4.78, 5) is 0.404. The SMILES string of the molecule is CNc1cc(C)c(S(=O)(=O)NCCCC(C)C)c(C)c1. The minimum Gasteiger partial charge on any atom is -0.388 e. The van der Waals surface area contributed by atoms with Crippen molar-refractivity contribution in [1.82, 2.24) is 4.72 Å². The van der Waals surface area contributed by atoms with E-state index in [4.69, 9.17) is 0 Å². The van der Waals surface area contributed by atoms with E-state index in [0.29, 0.717) is 17.4 Å². The number of hydrogen-bond acceptors (Lipinski definition) is 3. The Morgan fingerprint density at radius 1 is 1.15 bits per heavy atom. The van der Waals surface area contributed by atoms with Crippen LogP contribution >= 0.6 is 0 Å². The Balaban J connectivity index is 2.87. The minimum absolute atomic E-state index is 0.404. The second-order valence-electron chi connectivity index (χ2n) is 5.62. The van der Waals surface area contributed by atoms with Gasteiger partial charge < -0.3 is 5.32 Å². The lowest BCUT2D eigenvalue weighted by Gasteiger charge is -2.14. The number of benzene rings is 1. The topological polar surface area (TPSA) is 58.2 Å². The molecule has 0 aliphatic rings. The van der Waals surface area contributed by atoms with Gasteiger partial charge in [-0.15, -0.1) is 0 Å². The van der Waals surface area contributed by atoms with Crippen LogP contribution in [0.15, 0.2) is 17.0 Å². The molecule has 0 aliphatic heterocycles. The number of aryl methyl sites for hydroxylation is 2. The zero-order valence-electron chi connectivity index (χ0n) is 13.1. The van der Waals surface area contributed by atoms with Gasteiger partial charge in [0.2, 0.25) is 10.0 Å². The number of sulfonamides is 1. The van der Waals surface area contributed by atoms with E-state index in [1.165, 1.54) is 0 Å². The fraction of sp³-hybridized carbons (Fsp3) is 0.600. The van der Waals surface area contributed by atoms with Gasteiger partial charge in [-0.2, -0.15) is 0 Å². The number of hydrogen-bond donors (Lipinski definition) is 2. The predicted octanol–water partition coefficient (Wildman–Crippen LogP) is 3.06. The molecule has 0 aromatic heterocycles. The van der Waals surface area contributed by atoms with Crippen LogP contribution < -0.4 is 10.0 Å². The lowest BCUT2D eigenvalue weighted by molar-refractivity contribution is 0.539. The number of nitrogens with one attached hydrogen (secondary N) is 2. The van der Waals surface area contributed by atoms with Gasteiger partial charge in [0.15, 0.2) is 0 Å². The number of rotatable bonds is 7. The van der Waals surface area contributed by atoms with Crippen LogP contribution in [0.3, 0.4) is 0 Å². The molecule has 0 aliphatic carbocycles. The highest BCUT2D eigenvalue weighted by atomic mass is 32.2. The van der Waals surface area contributed by atoms with E-state index in [1.807, 2.05) is 33.0 Å². The van der Waals surface area contributed by atoms with Crippen LogP contribution in [0.1, 0.15) is 37.8 Å². The van der Waals surface area contributed by atoms with Crippen LogP contribution in [0.25, 0.3) is 0 Å². The predicted molar refractivity (Wildman–Crippen MR) is 84.7 cm³/mol. The molecule has 0 saturated heterocycles. The van der Waals surface area contributed by atoms with Gasteiger partial charge >= 0.3 is 0 Å². The highest BCUT2D eigenvalue weighted by molar-refractivity contribution is 7.89. The first-order chi connectivity index (χ1) is 9.27. The quantitative estimate of drug-likeness (QED) is 0.761. The Kier molecular flexibility index (Phi) is 6.02. The van der Waals surface area contributed by atoms with Gasteiger partial charge in [-0.25, -0.2) is 13.1 Å². The Labute approximate surface area is 123 Å². The molecule has 1 aromatic carbocycles. The van der Waals surface area contributed by atoms with Crippen LogP contribution in [-0.2, 0) is 10.0 Å². The summed E-state index contributed by atoms with van der Waals surface area (Å²) in [5.41, 5.74) is 2.47. The largest absolute Gasteiger partial charge is 0.388 e. The van der Waals surface area contributed by atoms with Crippen molar-refractivity contribution in [3.63, 3.8) is 0 Å². The smallest absolute Gasteiger partial charge is 0.241 e. The Hall–Kier alpha value is -1.07. The van der Waals surface area contributed by atoms with Crippen LogP contribution in [-0.4, -0.2) is 22.0 Å². The summed E-state index contributed by atoms with van der Waals surface area (Å²) in [6, 6.07) is 3.71. The average Bonchev–Trinajstić information content (AvgIpc) is 2.33. The molecule has 1 rings (SSSR count). The molecule has 0 heterocycles. The molecular weight excluding hydrogens is 272 g/mol. The molecule has 0 radical (unpaired) electrons. The van der Waals surface area contributed by atoms with Gasteiger partial charge in [0.05, 0.1) is 4.90 Å². The van der Waals surface area contributed by atoms with E-state index in [2.05, 4.69) is 23.9 Å². The normalized spacial score (nSPS) is 11.9. The fourth-order valence-electron chi connectivity index (χ4n) is 2.31. The maximum Gasteiger partial charge on any atom is 0.241 e. The third kappa shape index (κ3) is 4.49. The molecule has 0 saturated carbocycles. The van der Waals surface area contributed by atoms with E-state index >= 15 is 0 Å². The summed E-state index contributed by atoms with van der Waals surface area (Å²) in [7, 11) is -1.60. The Bertz CT molecular complexity index is 528. The third-order valence-electron chi connectivity index (χ3n) is 3.27. The molecule has 0 bridgehead atoms. The molecule has 1 aromatic rings. The van der Waals surface area contributed by atoms with Crippen molar-refractivity contribution < 1.29 is 8.42 Å². The van der Waals surface area contributed by atoms with Crippen molar-refractivity contribution in [2.75, 3.05) is 18.9 Å². The van der Waals surface area contributed by atoms with Crippen LogP contribution in [0.4, 0.5) is 5.69 Å². The van der Waals surface area contributed by atoms with Crippen molar-refractivity contribution in [3.8, 4) is 0 Å². The molecule has 114 valence electrons. The van der Waals surface area contributed by atoms with Crippen molar-refractivity contribution in [1.29, 1.82) is 0 Å². The zero-order valence-corrected chi connectivity index (χ0v) is 13.9. The van der Waals surface area contributed by atoms with Crippen LogP contribution in [0.2, 0.25) is 0 Å². The standard InChI is InChI=1S/C15H26N2O2S/c1-11(2)7-6-8-17-20(18,19)15-12(3)9-14(16-5)10-13(15)4/h9-11,16-17H,6-8H2,1-5H3. The van der Waals surface area contributed by atoms with Crippen molar-refractivity contribution in [2.24, 2.45) is 5.92 Å². The first kappa shape index (κ1) is 17.0. The van der Waals surface area contributed by atoms with Gasteiger partial charge in [-0.1, -0.05) is 13.8 Å². The molecule has 0 atom stereocenters. The Morgan fingerprint density at radius 3 is 2.15 bits per heavy atom. The third-order valence-corrected chi connectivity index (χ3v) is 5.03. The van der Waals surface area contributed by atoms with Gasteiger partial charge in [0.1, 0.15) is 0 Å². The van der Waals surface area contributed by atoms with Crippen LogP contribution in [0, 0.1) is 19.8 Å². The molecule has 4 nitrogen and oxygen atoms in total. The number of anilines is 1. The van der Waals surface area contributed by atoms with Crippen molar-refractivity contribution in [2.45, 2.75) is 45.4 Å². The minimum atomic E-state index is -3.42.